The molecule has 1 aromatic heterocycles. The quantitative estimate of drug-likeness (QED) is 0.738. The van der Waals surface area contributed by atoms with Crippen LogP contribution in [0.2, 0.25) is 0 Å². The second-order valence-corrected chi connectivity index (χ2v) is 6.07. The van der Waals surface area contributed by atoms with E-state index in [4.69, 9.17) is 4.74 Å². The van der Waals surface area contributed by atoms with Gasteiger partial charge in [-0.25, -0.2) is 9.78 Å². The summed E-state index contributed by atoms with van der Waals surface area (Å²) in [5.41, 5.74) is 2.74. The molecule has 0 spiro atoms. The van der Waals surface area contributed by atoms with Crippen molar-refractivity contribution in [3.05, 3.63) is 77.9 Å². The third-order valence-corrected chi connectivity index (χ3v) is 4.12. The first-order valence-electron chi connectivity index (χ1n) is 8.32. The number of anilines is 1. The zero-order valence-electron chi connectivity index (χ0n) is 15.1. The molecule has 0 saturated heterocycles. The topological polar surface area (TPSA) is 68.2 Å². The number of amides is 2. The molecule has 0 aliphatic heterocycles. The van der Waals surface area contributed by atoms with E-state index in [1.165, 1.54) is 0 Å². The van der Waals surface area contributed by atoms with Gasteiger partial charge in [-0.05, 0) is 42.3 Å². The Hall–Kier alpha value is -3.28. The fourth-order valence-corrected chi connectivity index (χ4v) is 2.77. The Morgan fingerprint density at radius 1 is 1.19 bits per heavy atom. The molecule has 2 amide bonds. The lowest BCUT2D eigenvalue weighted by molar-refractivity contribution is 0.249. The second-order valence-electron chi connectivity index (χ2n) is 6.07. The van der Waals surface area contributed by atoms with E-state index >= 15 is 0 Å². The zero-order valence-corrected chi connectivity index (χ0v) is 15.1. The Morgan fingerprint density at radius 2 is 1.96 bits per heavy atom. The first kappa shape index (κ1) is 17.5. The predicted molar refractivity (Wildman–Crippen MR) is 101 cm³/mol. The van der Waals surface area contributed by atoms with Crippen molar-refractivity contribution in [1.82, 2.24) is 14.9 Å². The molecule has 1 atom stereocenters. The number of benzene rings is 2. The molecule has 6 nitrogen and oxygen atoms in total. The number of hydrogen-bond acceptors (Lipinski definition) is 3. The SMILES string of the molecule is COc1ccc(C(NC(=O)Nc2cccc(C)c2)c2nccn2C)cc1. The van der Waals surface area contributed by atoms with Crippen LogP contribution in [0.25, 0.3) is 0 Å². The van der Waals surface area contributed by atoms with Crippen molar-refractivity contribution in [1.29, 1.82) is 0 Å². The van der Waals surface area contributed by atoms with Crippen LogP contribution in [0.3, 0.4) is 0 Å². The van der Waals surface area contributed by atoms with Crippen LogP contribution >= 0.6 is 0 Å². The standard InChI is InChI=1S/C20H22N4O2/c1-14-5-4-6-16(13-14)22-20(25)23-18(19-21-11-12-24(19)2)15-7-9-17(26-3)10-8-15/h4-13,18H,1-3H3,(H2,22,23,25). The van der Waals surface area contributed by atoms with Crippen molar-refractivity contribution >= 4 is 11.7 Å². The highest BCUT2D eigenvalue weighted by atomic mass is 16.5. The van der Waals surface area contributed by atoms with Crippen LogP contribution in [0.4, 0.5) is 10.5 Å². The highest BCUT2D eigenvalue weighted by Crippen LogP contribution is 2.23. The molecular weight excluding hydrogens is 328 g/mol. The number of hydrogen-bond donors (Lipinski definition) is 2. The van der Waals surface area contributed by atoms with Gasteiger partial charge in [0.15, 0.2) is 0 Å². The highest BCUT2D eigenvalue weighted by Gasteiger charge is 2.21. The number of ether oxygens (including phenoxy) is 1. The van der Waals surface area contributed by atoms with Crippen LogP contribution in [-0.4, -0.2) is 22.7 Å². The molecule has 0 radical (unpaired) electrons. The summed E-state index contributed by atoms with van der Waals surface area (Å²) in [5, 5.41) is 5.88. The smallest absolute Gasteiger partial charge is 0.320 e. The summed E-state index contributed by atoms with van der Waals surface area (Å²) in [6.07, 6.45) is 3.57. The maximum atomic E-state index is 12.6. The number of methoxy groups -OCH3 is 1. The van der Waals surface area contributed by atoms with Crippen LogP contribution in [-0.2, 0) is 7.05 Å². The number of aromatic nitrogens is 2. The lowest BCUT2D eigenvalue weighted by atomic mass is 10.1. The average molecular weight is 350 g/mol. The largest absolute Gasteiger partial charge is 0.497 e. The summed E-state index contributed by atoms with van der Waals surface area (Å²) in [6, 6.07) is 14.6. The van der Waals surface area contributed by atoms with Gasteiger partial charge in [-0.1, -0.05) is 24.3 Å². The molecule has 0 bridgehead atoms. The maximum Gasteiger partial charge on any atom is 0.320 e. The van der Waals surface area contributed by atoms with Crippen molar-refractivity contribution in [3.63, 3.8) is 0 Å². The number of imidazole rings is 1. The number of carbonyl (C=O) groups is 1. The fraction of sp³-hybridized carbons (Fsp3) is 0.200. The number of nitrogens with one attached hydrogen (secondary N) is 2. The van der Waals surface area contributed by atoms with Crippen LogP contribution in [0.1, 0.15) is 23.0 Å². The molecule has 0 aliphatic rings. The number of urea groups is 1. The first-order chi connectivity index (χ1) is 12.6. The van der Waals surface area contributed by atoms with Gasteiger partial charge in [-0.3, -0.25) is 0 Å². The molecule has 1 heterocycles. The molecule has 26 heavy (non-hydrogen) atoms. The molecular formula is C20H22N4O2. The second kappa shape index (κ2) is 7.74. The third-order valence-electron chi connectivity index (χ3n) is 4.12. The Bertz CT molecular complexity index is 887. The van der Waals surface area contributed by atoms with E-state index in [1.807, 2.05) is 73.3 Å². The lowest BCUT2D eigenvalue weighted by Crippen LogP contribution is -2.34. The minimum atomic E-state index is -0.384. The van der Waals surface area contributed by atoms with Gasteiger partial charge in [0.25, 0.3) is 0 Å². The Labute approximate surface area is 152 Å². The van der Waals surface area contributed by atoms with Crippen LogP contribution in [0, 0.1) is 6.92 Å². The summed E-state index contributed by atoms with van der Waals surface area (Å²) in [5.74, 6) is 1.51. The molecule has 134 valence electrons. The van der Waals surface area contributed by atoms with Gasteiger partial charge in [0, 0.05) is 25.1 Å². The summed E-state index contributed by atoms with van der Waals surface area (Å²) >= 11 is 0. The normalized spacial score (nSPS) is 11.7. The van der Waals surface area contributed by atoms with Gasteiger partial charge in [0.2, 0.25) is 0 Å². The molecule has 0 saturated carbocycles. The van der Waals surface area contributed by atoms with Gasteiger partial charge < -0.3 is 19.9 Å². The lowest BCUT2D eigenvalue weighted by Gasteiger charge is -2.20. The number of carbonyl (C=O) groups excluding carboxylic acids is 1. The predicted octanol–water partition coefficient (Wildman–Crippen LogP) is 3.65. The van der Waals surface area contributed by atoms with Crippen molar-refractivity contribution in [2.75, 3.05) is 12.4 Å². The van der Waals surface area contributed by atoms with Gasteiger partial charge >= 0.3 is 6.03 Å². The fourth-order valence-electron chi connectivity index (χ4n) is 2.77. The van der Waals surface area contributed by atoms with E-state index in [-0.39, 0.29) is 12.1 Å². The first-order valence-corrected chi connectivity index (χ1v) is 8.32. The molecule has 0 aliphatic carbocycles. The van der Waals surface area contributed by atoms with E-state index < -0.39 is 0 Å². The van der Waals surface area contributed by atoms with Gasteiger partial charge in [-0.2, -0.15) is 0 Å². The van der Waals surface area contributed by atoms with Crippen LogP contribution in [0.15, 0.2) is 60.9 Å². The van der Waals surface area contributed by atoms with Crippen LogP contribution < -0.4 is 15.4 Å². The van der Waals surface area contributed by atoms with Crippen molar-refractivity contribution in [2.24, 2.45) is 7.05 Å². The minimum absolute atomic E-state index is 0.292. The summed E-state index contributed by atoms with van der Waals surface area (Å²) in [6.45, 7) is 1.98. The van der Waals surface area contributed by atoms with E-state index in [1.54, 1.807) is 13.3 Å². The minimum Gasteiger partial charge on any atom is -0.497 e. The number of aryl methyl sites for hydroxylation is 2. The summed E-state index contributed by atoms with van der Waals surface area (Å²) < 4.78 is 7.10. The molecule has 3 rings (SSSR count). The Morgan fingerprint density at radius 3 is 2.58 bits per heavy atom. The summed E-state index contributed by atoms with van der Waals surface area (Å²) in [7, 11) is 3.53. The van der Waals surface area contributed by atoms with E-state index in [0.29, 0.717) is 0 Å². The summed E-state index contributed by atoms with van der Waals surface area (Å²) in [4.78, 5) is 17.0. The molecule has 3 aromatic rings. The van der Waals surface area contributed by atoms with E-state index in [2.05, 4.69) is 15.6 Å². The van der Waals surface area contributed by atoms with Gasteiger partial charge in [-0.15, -0.1) is 0 Å². The van der Waals surface area contributed by atoms with Crippen molar-refractivity contribution < 1.29 is 9.53 Å². The Kier molecular flexibility index (Phi) is 5.22. The van der Waals surface area contributed by atoms with E-state index in [0.717, 1.165) is 28.4 Å². The average Bonchev–Trinajstić information content (AvgIpc) is 3.05. The molecule has 2 aromatic carbocycles. The Balaban J connectivity index is 1.83. The molecule has 1 unspecified atom stereocenters. The number of rotatable bonds is 5. The molecule has 2 N–H and O–H groups in total. The zero-order chi connectivity index (χ0) is 18.5. The monoisotopic (exact) mass is 350 g/mol. The number of nitrogens with zero attached hydrogens (tertiary/aromatic N) is 2. The maximum absolute atomic E-state index is 12.6. The third kappa shape index (κ3) is 4.03. The molecule has 0 fully saturated rings. The van der Waals surface area contributed by atoms with Crippen molar-refractivity contribution in [2.45, 2.75) is 13.0 Å². The van der Waals surface area contributed by atoms with E-state index in [9.17, 15) is 4.79 Å². The van der Waals surface area contributed by atoms with Gasteiger partial charge in [0.05, 0.1) is 7.11 Å². The molecule has 6 heteroatoms. The van der Waals surface area contributed by atoms with Crippen molar-refractivity contribution in [3.8, 4) is 5.75 Å². The highest BCUT2D eigenvalue weighted by molar-refractivity contribution is 5.89. The van der Waals surface area contributed by atoms with Crippen LogP contribution in [0.5, 0.6) is 5.75 Å². The van der Waals surface area contributed by atoms with Gasteiger partial charge in [0.1, 0.15) is 17.6 Å².